The molecule has 3 aromatic rings. The molecule has 0 unspecified atom stereocenters. The number of carbonyl (C=O) groups is 1. The Morgan fingerprint density at radius 3 is 2.72 bits per heavy atom. The molecule has 90 valence electrons. The molecule has 0 fully saturated rings. The van der Waals surface area contributed by atoms with E-state index < -0.39 is 0 Å². The van der Waals surface area contributed by atoms with Crippen LogP contribution in [-0.4, -0.2) is 5.78 Å². The zero-order valence-corrected chi connectivity index (χ0v) is 11.0. The number of fused-ring (bicyclic) bond motifs is 1. The maximum atomic E-state index is 12.3. The highest BCUT2D eigenvalue weighted by molar-refractivity contribution is 7.08. The molecule has 2 aromatic heterocycles. The van der Waals surface area contributed by atoms with Crippen molar-refractivity contribution in [1.82, 2.24) is 0 Å². The first-order chi connectivity index (χ1) is 8.65. The summed E-state index contributed by atoms with van der Waals surface area (Å²) in [4.78, 5) is 12.3. The fourth-order valence-electron chi connectivity index (χ4n) is 2.00. The van der Waals surface area contributed by atoms with Gasteiger partial charge in [0, 0.05) is 16.3 Å². The molecule has 0 spiro atoms. The summed E-state index contributed by atoms with van der Waals surface area (Å²) in [5.74, 6) is 0.375. The highest BCUT2D eigenvalue weighted by atomic mass is 32.1. The van der Waals surface area contributed by atoms with Gasteiger partial charge in [-0.2, -0.15) is 11.3 Å². The molecule has 0 saturated heterocycles. The van der Waals surface area contributed by atoms with Gasteiger partial charge in [0.15, 0.2) is 5.76 Å². The molecule has 1 aromatic carbocycles. The zero-order chi connectivity index (χ0) is 12.7. The van der Waals surface area contributed by atoms with E-state index in [0.29, 0.717) is 5.76 Å². The molecule has 0 bridgehead atoms. The first-order valence-corrected chi connectivity index (χ1v) is 6.67. The Morgan fingerprint density at radius 2 is 2.00 bits per heavy atom. The Kier molecular flexibility index (Phi) is 2.56. The average Bonchev–Trinajstić information content (AvgIpc) is 2.93. The lowest BCUT2D eigenvalue weighted by molar-refractivity contribution is 0.101. The monoisotopic (exact) mass is 256 g/mol. The van der Waals surface area contributed by atoms with Crippen LogP contribution >= 0.6 is 11.3 Å². The van der Waals surface area contributed by atoms with E-state index in [0.717, 1.165) is 27.7 Å². The molecule has 0 radical (unpaired) electrons. The third-order valence-corrected chi connectivity index (χ3v) is 3.86. The summed E-state index contributed by atoms with van der Waals surface area (Å²) in [7, 11) is 0. The molecule has 0 saturated carbocycles. The number of furan rings is 1. The van der Waals surface area contributed by atoms with Gasteiger partial charge in [0.05, 0.1) is 0 Å². The van der Waals surface area contributed by atoms with Gasteiger partial charge in [-0.3, -0.25) is 4.79 Å². The van der Waals surface area contributed by atoms with Crippen LogP contribution in [0.25, 0.3) is 11.0 Å². The minimum atomic E-state index is -0.0393. The smallest absolute Gasteiger partial charge is 0.229 e. The number of hydrogen-bond donors (Lipinski definition) is 0. The van der Waals surface area contributed by atoms with Crippen molar-refractivity contribution in [2.75, 3.05) is 0 Å². The number of aryl methyl sites for hydroxylation is 2. The summed E-state index contributed by atoms with van der Waals surface area (Å²) in [6, 6.07) is 7.73. The van der Waals surface area contributed by atoms with Crippen molar-refractivity contribution in [2.24, 2.45) is 0 Å². The molecular weight excluding hydrogens is 244 g/mol. The van der Waals surface area contributed by atoms with Crippen molar-refractivity contribution in [3.05, 3.63) is 57.5 Å². The van der Waals surface area contributed by atoms with Crippen LogP contribution in [0.4, 0.5) is 0 Å². The minimum Gasteiger partial charge on any atom is -0.453 e. The third-order valence-electron chi connectivity index (χ3n) is 3.00. The molecule has 3 heteroatoms. The van der Waals surface area contributed by atoms with Crippen molar-refractivity contribution in [1.29, 1.82) is 0 Å². The zero-order valence-electron chi connectivity index (χ0n) is 10.2. The number of hydrogen-bond acceptors (Lipinski definition) is 3. The molecule has 0 N–H and O–H groups in total. The molecule has 0 atom stereocenters. The van der Waals surface area contributed by atoms with E-state index in [1.165, 1.54) is 11.3 Å². The van der Waals surface area contributed by atoms with E-state index in [4.69, 9.17) is 4.42 Å². The fourth-order valence-corrected chi connectivity index (χ4v) is 2.83. The van der Waals surface area contributed by atoms with Gasteiger partial charge in [0.25, 0.3) is 0 Å². The van der Waals surface area contributed by atoms with Gasteiger partial charge in [-0.25, -0.2) is 0 Å². The summed E-state index contributed by atoms with van der Waals surface area (Å²) in [5.41, 5.74) is 3.66. The topological polar surface area (TPSA) is 30.2 Å². The number of benzene rings is 1. The van der Waals surface area contributed by atoms with Gasteiger partial charge in [0.2, 0.25) is 5.78 Å². The van der Waals surface area contributed by atoms with Crippen molar-refractivity contribution in [2.45, 2.75) is 13.8 Å². The Hall–Kier alpha value is -1.87. The highest BCUT2D eigenvalue weighted by Crippen LogP contribution is 2.24. The van der Waals surface area contributed by atoms with E-state index in [1.807, 2.05) is 48.9 Å². The van der Waals surface area contributed by atoms with E-state index >= 15 is 0 Å². The van der Waals surface area contributed by atoms with Gasteiger partial charge in [0.1, 0.15) is 5.58 Å². The van der Waals surface area contributed by atoms with Gasteiger partial charge < -0.3 is 4.42 Å². The molecule has 0 aliphatic heterocycles. The Morgan fingerprint density at radius 1 is 1.17 bits per heavy atom. The summed E-state index contributed by atoms with van der Waals surface area (Å²) in [5, 5.41) is 4.82. The quantitative estimate of drug-likeness (QED) is 0.638. The predicted molar refractivity (Wildman–Crippen MR) is 73.4 cm³/mol. The normalized spacial score (nSPS) is 11.0. The van der Waals surface area contributed by atoms with Crippen molar-refractivity contribution in [3.8, 4) is 0 Å². The van der Waals surface area contributed by atoms with E-state index in [9.17, 15) is 4.79 Å². The second-order valence-electron chi connectivity index (χ2n) is 4.45. The van der Waals surface area contributed by atoms with Crippen LogP contribution in [0.3, 0.4) is 0 Å². The number of carbonyl (C=O) groups excluding carboxylic acids is 1. The summed E-state index contributed by atoms with van der Waals surface area (Å²) in [6.07, 6.45) is 0. The van der Waals surface area contributed by atoms with Crippen LogP contribution in [-0.2, 0) is 0 Å². The molecule has 18 heavy (non-hydrogen) atoms. The Bertz CT molecular complexity index is 734. The van der Waals surface area contributed by atoms with Gasteiger partial charge in [-0.1, -0.05) is 11.6 Å². The lowest BCUT2D eigenvalue weighted by Crippen LogP contribution is -1.99. The number of ketones is 1. The van der Waals surface area contributed by atoms with Gasteiger partial charge in [-0.05, 0) is 43.0 Å². The molecule has 0 aliphatic rings. The lowest BCUT2D eigenvalue weighted by Gasteiger charge is -1.94. The van der Waals surface area contributed by atoms with Crippen LogP contribution in [0.5, 0.6) is 0 Å². The molecule has 0 aliphatic carbocycles. The lowest BCUT2D eigenvalue weighted by atomic mass is 10.1. The molecule has 2 nitrogen and oxygen atoms in total. The second-order valence-corrected chi connectivity index (χ2v) is 5.19. The van der Waals surface area contributed by atoms with Crippen LogP contribution < -0.4 is 0 Å². The minimum absolute atomic E-state index is 0.0393. The van der Waals surface area contributed by atoms with Crippen LogP contribution in [0.15, 0.2) is 39.4 Å². The standard InChI is InChI=1S/C15H12O2S/c1-9-3-4-13-11(5-9)6-14(17-13)15(16)12-8-18-7-10(12)2/h3-8H,1-2H3. The number of thiophene rings is 1. The fraction of sp³-hybridized carbons (Fsp3) is 0.133. The Labute approximate surface area is 109 Å². The van der Waals surface area contributed by atoms with Gasteiger partial charge >= 0.3 is 0 Å². The van der Waals surface area contributed by atoms with Crippen molar-refractivity contribution in [3.63, 3.8) is 0 Å². The average molecular weight is 256 g/mol. The van der Waals surface area contributed by atoms with Crippen molar-refractivity contribution < 1.29 is 9.21 Å². The van der Waals surface area contributed by atoms with E-state index in [2.05, 4.69) is 0 Å². The highest BCUT2D eigenvalue weighted by Gasteiger charge is 2.17. The number of rotatable bonds is 2. The van der Waals surface area contributed by atoms with E-state index in [-0.39, 0.29) is 5.78 Å². The summed E-state index contributed by atoms with van der Waals surface area (Å²) >= 11 is 1.54. The van der Waals surface area contributed by atoms with Crippen LogP contribution in [0.2, 0.25) is 0 Å². The second kappa shape index (κ2) is 4.10. The SMILES string of the molecule is Cc1ccc2oc(C(=O)c3cscc3C)cc2c1. The summed E-state index contributed by atoms with van der Waals surface area (Å²) < 4.78 is 5.62. The maximum absolute atomic E-state index is 12.3. The first kappa shape index (κ1) is 11.2. The van der Waals surface area contributed by atoms with Crippen LogP contribution in [0, 0.1) is 13.8 Å². The summed E-state index contributed by atoms with van der Waals surface area (Å²) in [6.45, 7) is 3.97. The molecule has 3 rings (SSSR count). The molecule has 2 heterocycles. The largest absolute Gasteiger partial charge is 0.453 e. The Balaban J connectivity index is 2.10. The molecular formula is C15H12O2S. The first-order valence-electron chi connectivity index (χ1n) is 5.73. The third kappa shape index (κ3) is 1.77. The predicted octanol–water partition coefficient (Wildman–Crippen LogP) is 4.34. The van der Waals surface area contributed by atoms with Crippen LogP contribution in [0.1, 0.15) is 27.2 Å². The van der Waals surface area contributed by atoms with Crippen molar-refractivity contribution >= 4 is 28.1 Å². The maximum Gasteiger partial charge on any atom is 0.229 e. The van der Waals surface area contributed by atoms with E-state index in [1.54, 1.807) is 0 Å². The van der Waals surface area contributed by atoms with Gasteiger partial charge in [-0.15, -0.1) is 0 Å². The molecule has 0 amide bonds.